The number of benzene rings is 1. The predicted octanol–water partition coefficient (Wildman–Crippen LogP) is 1.45. The van der Waals surface area contributed by atoms with Crippen molar-refractivity contribution in [2.75, 3.05) is 19.0 Å². The van der Waals surface area contributed by atoms with Crippen molar-refractivity contribution < 1.29 is 13.9 Å². The van der Waals surface area contributed by atoms with Gasteiger partial charge in [0.2, 0.25) is 5.91 Å². The monoisotopic (exact) mass is 252 g/mol. The zero-order valence-electron chi connectivity index (χ0n) is 10.5. The molecule has 5 heteroatoms. The van der Waals surface area contributed by atoms with E-state index in [0.717, 1.165) is 0 Å². The first-order valence-corrected chi connectivity index (χ1v) is 5.94. The van der Waals surface area contributed by atoms with Gasteiger partial charge in [0.25, 0.3) is 0 Å². The molecule has 4 nitrogen and oxygen atoms in total. The van der Waals surface area contributed by atoms with Crippen LogP contribution in [0.5, 0.6) is 0 Å². The molecule has 1 aromatic rings. The summed E-state index contributed by atoms with van der Waals surface area (Å²) in [5, 5.41) is 5.69. The van der Waals surface area contributed by atoms with Crippen molar-refractivity contribution >= 4 is 11.6 Å². The van der Waals surface area contributed by atoms with E-state index in [2.05, 4.69) is 10.6 Å². The molecule has 98 valence electrons. The number of anilines is 1. The highest BCUT2D eigenvalue weighted by molar-refractivity contribution is 5.95. The molecule has 1 saturated heterocycles. The van der Waals surface area contributed by atoms with Crippen molar-refractivity contribution in [1.29, 1.82) is 0 Å². The van der Waals surface area contributed by atoms with Crippen LogP contribution in [0.1, 0.15) is 12.0 Å². The molecule has 0 aliphatic carbocycles. The zero-order chi connectivity index (χ0) is 13.1. The van der Waals surface area contributed by atoms with Crippen LogP contribution in [0.4, 0.5) is 10.1 Å². The van der Waals surface area contributed by atoms with Crippen molar-refractivity contribution in [3.63, 3.8) is 0 Å². The van der Waals surface area contributed by atoms with E-state index in [-0.39, 0.29) is 23.7 Å². The topological polar surface area (TPSA) is 50.4 Å². The molecular formula is C13H17FN2O2. The second kappa shape index (κ2) is 5.46. The highest BCUT2D eigenvalue weighted by Gasteiger charge is 2.29. The summed E-state index contributed by atoms with van der Waals surface area (Å²) in [5.74, 6) is -0.632. The Bertz CT molecular complexity index is 430. The minimum absolute atomic E-state index is 0.0440. The number of halogens is 1. The first-order chi connectivity index (χ1) is 8.61. The van der Waals surface area contributed by atoms with Crippen LogP contribution in [0, 0.1) is 12.7 Å². The van der Waals surface area contributed by atoms with E-state index < -0.39 is 5.82 Å². The third-order valence-corrected chi connectivity index (χ3v) is 3.21. The number of ether oxygens (including phenoxy) is 1. The molecule has 0 aromatic heterocycles. The largest absolute Gasteiger partial charge is 0.380 e. The number of hydrogen-bond donors (Lipinski definition) is 2. The molecule has 0 radical (unpaired) electrons. The van der Waals surface area contributed by atoms with Crippen molar-refractivity contribution in [2.45, 2.75) is 25.5 Å². The van der Waals surface area contributed by atoms with Gasteiger partial charge in [-0.05, 0) is 25.0 Å². The smallest absolute Gasteiger partial charge is 0.241 e. The van der Waals surface area contributed by atoms with E-state index in [1.54, 1.807) is 26.2 Å². The Labute approximate surface area is 106 Å². The summed E-state index contributed by atoms with van der Waals surface area (Å²) in [4.78, 5) is 12.0. The lowest BCUT2D eigenvalue weighted by Crippen LogP contribution is -2.35. The van der Waals surface area contributed by atoms with Crippen LogP contribution < -0.4 is 10.6 Å². The SMILES string of the molecule is COC1CNC(C(=O)Nc2c(C)cccc2F)C1. The second-order valence-corrected chi connectivity index (χ2v) is 4.48. The van der Waals surface area contributed by atoms with Crippen LogP contribution in [0.25, 0.3) is 0 Å². The maximum Gasteiger partial charge on any atom is 0.241 e. The Balaban J connectivity index is 2.04. The van der Waals surface area contributed by atoms with Gasteiger partial charge in [-0.25, -0.2) is 4.39 Å². The fourth-order valence-electron chi connectivity index (χ4n) is 2.08. The normalized spacial score (nSPS) is 23.1. The maximum absolute atomic E-state index is 13.6. The summed E-state index contributed by atoms with van der Waals surface area (Å²) in [7, 11) is 1.62. The lowest BCUT2D eigenvalue weighted by molar-refractivity contribution is -0.118. The molecule has 2 atom stereocenters. The van der Waals surface area contributed by atoms with Gasteiger partial charge < -0.3 is 15.4 Å². The fourth-order valence-corrected chi connectivity index (χ4v) is 2.08. The van der Waals surface area contributed by atoms with Crippen LogP contribution >= 0.6 is 0 Å². The second-order valence-electron chi connectivity index (χ2n) is 4.48. The Morgan fingerprint density at radius 2 is 2.33 bits per heavy atom. The zero-order valence-corrected chi connectivity index (χ0v) is 10.5. The molecule has 0 bridgehead atoms. The Kier molecular flexibility index (Phi) is 3.93. The number of para-hydroxylation sites is 1. The van der Waals surface area contributed by atoms with E-state index >= 15 is 0 Å². The number of carbonyl (C=O) groups is 1. The molecule has 1 aliphatic heterocycles. The Morgan fingerprint density at radius 3 is 2.94 bits per heavy atom. The van der Waals surface area contributed by atoms with Crippen molar-refractivity contribution in [2.24, 2.45) is 0 Å². The summed E-state index contributed by atoms with van der Waals surface area (Å²) in [5.41, 5.74) is 0.967. The molecule has 0 saturated carbocycles. The molecule has 18 heavy (non-hydrogen) atoms. The Morgan fingerprint density at radius 1 is 1.56 bits per heavy atom. The average Bonchev–Trinajstić information content (AvgIpc) is 2.82. The van der Waals surface area contributed by atoms with Gasteiger partial charge >= 0.3 is 0 Å². The summed E-state index contributed by atoms with van der Waals surface area (Å²) >= 11 is 0. The number of hydrogen-bond acceptors (Lipinski definition) is 3. The van der Waals surface area contributed by atoms with E-state index in [0.29, 0.717) is 18.5 Å². The van der Waals surface area contributed by atoms with E-state index in [9.17, 15) is 9.18 Å². The number of nitrogens with one attached hydrogen (secondary N) is 2. The summed E-state index contributed by atoms with van der Waals surface area (Å²) in [6.45, 7) is 2.41. The van der Waals surface area contributed by atoms with Crippen LogP contribution in [-0.4, -0.2) is 31.7 Å². The molecule has 1 fully saturated rings. The third-order valence-electron chi connectivity index (χ3n) is 3.21. The third kappa shape index (κ3) is 2.68. The van der Waals surface area contributed by atoms with Gasteiger partial charge in [-0.1, -0.05) is 12.1 Å². The quantitative estimate of drug-likeness (QED) is 0.856. The molecule has 1 amide bonds. The van der Waals surface area contributed by atoms with Crippen molar-refractivity contribution in [3.05, 3.63) is 29.6 Å². The summed E-state index contributed by atoms with van der Waals surface area (Å²) in [6.07, 6.45) is 0.651. The number of carbonyl (C=O) groups excluding carboxylic acids is 1. The van der Waals surface area contributed by atoms with Gasteiger partial charge in [0, 0.05) is 13.7 Å². The number of amides is 1. The minimum atomic E-state index is -0.412. The van der Waals surface area contributed by atoms with E-state index in [1.165, 1.54) is 6.07 Å². The van der Waals surface area contributed by atoms with Crippen LogP contribution in [0.2, 0.25) is 0 Å². The van der Waals surface area contributed by atoms with Crippen LogP contribution in [-0.2, 0) is 9.53 Å². The minimum Gasteiger partial charge on any atom is -0.380 e. The van der Waals surface area contributed by atoms with Crippen LogP contribution in [0.15, 0.2) is 18.2 Å². The lowest BCUT2D eigenvalue weighted by atomic mass is 10.1. The van der Waals surface area contributed by atoms with Gasteiger partial charge in [0.1, 0.15) is 5.82 Å². The molecule has 1 heterocycles. The number of methoxy groups -OCH3 is 1. The summed E-state index contributed by atoms with van der Waals surface area (Å²) in [6, 6.07) is 4.39. The molecule has 0 spiro atoms. The van der Waals surface area contributed by atoms with Crippen molar-refractivity contribution in [1.82, 2.24) is 5.32 Å². The Hall–Kier alpha value is -1.46. The number of aryl methyl sites for hydroxylation is 1. The summed E-state index contributed by atoms with van der Waals surface area (Å²) < 4.78 is 18.8. The fraction of sp³-hybridized carbons (Fsp3) is 0.462. The van der Waals surface area contributed by atoms with E-state index in [4.69, 9.17) is 4.74 Å². The van der Waals surface area contributed by atoms with Crippen LogP contribution in [0.3, 0.4) is 0 Å². The lowest BCUT2D eigenvalue weighted by Gasteiger charge is -2.13. The molecular weight excluding hydrogens is 235 g/mol. The van der Waals surface area contributed by atoms with Gasteiger partial charge in [0.05, 0.1) is 17.8 Å². The van der Waals surface area contributed by atoms with Crippen molar-refractivity contribution in [3.8, 4) is 0 Å². The first-order valence-electron chi connectivity index (χ1n) is 5.94. The van der Waals surface area contributed by atoms with Gasteiger partial charge in [-0.3, -0.25) is 4.79 Å². The highest BCUT2D eigenvalue weighted by Crippen LogP contribution is 2.20. The highest BCUT2D eigenvalue weighted by atomic mass is 19.1. The average molecular weight is 252 g/mol. The van der Waals surface area contributed by atoms with Gasteiger partial charge in [0.15, 0.2) is 0 Å². The van der Waals surface area contributed by atoms with E-state index in [1.807, 2.05) is 0 Å². The molecule has 2 unspecified atom stereocenters. The molecule has 2 rings (SSSR count). The predicted molar refractivity (Wildman–Crippen MR) is 67.0 cm³/mol. The molecule has 1 aliphatic rings. The number of rotatable bonds is 3. The maximum atomic E-state index is 13.6. The van der Waals surface area contributed by atoms with Gasteiger partial charge in [-0.15, -0.1) is 0 Å². The first kappa shape index (κ1) is 13.0. The van der Waals surface area contributed by atoms with Gasteiger partial charge in [-0.2, -0.15) is 0 Å². The molecule has 1 aromatic carbocycles. The molecule has 2 N–H and O–H groups in total. The standard InChI is InChI=1S/C13H17FN2O2/c1-8-4-3-5-10(14)12(8)16-13(17)11-6-9(18-2)7-15-11/h3-5,9,11,15H,6-7H2,1-2H3,(H,16,17).